The first-order chi connectivity index (χ1) is 8.00. The summed E-state index contributed by atoms with van der Waals surface area (Å²) in [6, 6.07) is 0. The maximum atomic E-state index is 8.65. The zero-order valence-electron chi connectivity index (χ0n) is 8.95. The van der Waals surface area contributed by atoms with Crippen LogP contribution in [-0.4, -0.2) is 0 Å². The van der Waals surface area contributed by atoms with E-state index < -0.39 is 67.0 Å². The first-order valence-corrected chi connectivity index (χ1v) is 21.8. The van der Waals surface area contributed by atoms with Crippen LogP contribution in [0.15, 0.2) is 0 Å². The van der Waals surface area contributed by atoms with Gasteiger partial charge in [0, 0.05) is 21.1 Å². The van der Waals surface area contributed by atoms with Crippen LogP contribution in [0, 0.1) is 0 Å². The summed E-state index contributed by atoms with van der Waals surface area (Å²) in [5, 5.41) is 0. The molecule has 0 fully saturated rings. The van der Waals surface area contributed by atoms with Gasteiger partial charge in [0.05, 0.1) is 0 Å². The average Bonchev–Trinajstić information content (AvgIpc) is 1.62. The van der Waals surface area contributed by atoms with Crippen LogP contribution in [0.1, 0.15) is 0 Å². The van der Waals surface area contributed by atoms with Crippen molar-refractivity contribution in [3.05, 3.63) is 0 Å². The molecule has 0 rings (SSSR count). The van der Waals surface area contributed by atoms with E-state index in [1.54, 1.807) is 0 Å². The molecule has 0 atom stereocenters. The molecule has 0 aromatic heterocycles. The molecule has 0 aromatic carbocycles. The summed E-state index contributed by atoms with van der Waals surface area (Å²) in [7, 11) is 0. The molecule has 0 bridgehead atoms. The van der Waals surface area contributed by atoms with Crippen LogP contribution in [0.25, 0.3) is 0 Å². The predicted molar refractivity (Wildman–Crippen MR) is 5.49 cm³/mol. The van der Waals surface area contributed by atoms with Crippen molar-refractivity contribution in [1.82, 2.24) is 0 Å². The summed E-state index contributed by atoms with van der Waals surface area (Å²) in [5.74, 6) is 0. The van der Waals surface area contributed by atoms with Gasteiger partial charge in [-0.25, -0.2) is 0 Å². The summed E-state index contributed by atoms with van der Waals surface area (Å²) in [6.45, 7) is 0. The quantitative estimate of drug-likeness (QED) is 0.203. The summed E-state index contributed by atoms with van der Waals surface area (Å²) in [4.78, 5) is 0. The first kappa shape index (κ1) is 39.2. The second kappa shape index (κ2) is 16.5. The zero-order chi connectivity index (χ0) is 18.0. The first-order valence-electron chi connectivity index (χ1n) is 2.67. The fourth-order valence-corrected chi connectivity index (χ4v) is 0. The van der Waals surface area contributed by atoms with E-state index in [-0.39, 0.29) is 38.1 Å². The second-order valence-electron chi connectivity index (χ2n) is 1.63. The molecule has 0 amide bonds. The van der Waals surface area contributed by atoms with Crippen molar-refractivity contribution in [2.45, 2.75) is 0 Å². The Morgan fingerprint density at radius 2 is 0.364 bits per heavy atom. The Kier molecular flexibility index (Phi) is 29.4. The molecule has 0 spiro atoms. The van der Waals surface area contributed by atoms with Gasteiger partial charge in [-0.3, -0.25) is 0 Å². The monoisotopic (exact) mass is 1140 g/mol. The van der Waals surface area contributed by atoms with Crippen molar-refractivity contribution in [2.24, 2.45) is 0 Å². The van der Waals surface area contributed by atoms with E-state index in [4.69, 9.17) is 57.3 Å². The summed E-state index contributed by atoms with van der Waals surface area (Å²) in [6.07, 6.45) is 0. The Morgan fingerprint density at radius 3 is 0.364 bits per heavy atom. The Hall–Kier alpha value is 2.04. The van der Waals surface area contributed by atoms with Gasteiger partial charge in [-0.1, -0.05) is 0 Å². The maximum absolute atomic E-state index is 8.65. The molecule has 22 heavy (non-hydrogen) atoms. The van der Waals surface area contributed by atoms with Crippen molar-refractivity contribution in [2.75, 3.05) is 0 Å². The predicted octanol–water partition coefficient (Wildman–Crippen LogP) is -10.5. The molecular weight excluding hydrogens is 1140 g/mol. The molecule has 0 aliphatic heterocycles. The molecule has 0 aromatic rings. The topological polar surface area (TPSA) is 321 Å². The van der Waals surface area contributed by atoms with Gasteiger partial charge >= 0.3 is 141 Å². The Balaban J connectivity index is -0.0000000376. The van der Waals surface area contributed by atoms with Gasteiger partial charge in [0.25, 0.3) is 0 Å². The minimum atomic E-state index is -6.17. The van der Waals surface area contributed by atoms with Crippen molar-refractivity contribution in [1.29, 1.82) is 0 Å². The van der Waals surface area contributed by atoms with Crippen molar-refractivity contribution < 1.29 is 162 Å². The van der Waals surface area contributed by atoms with Gasteiger partial charge in [0.15, 0.2) is 0 Å². The average molecular weight is 1140 g/mol. The molecule has 0 unspecified atom stereocenters. The van der Waals surface area contributed by atoms with Gasteiger partial charge in [0.1, 0.15) is 0 Å². The molecular formula is MnMoO16W4-6. The molecule has 0 aliphatic rings. The number of hydrogen-bond acceptors (Lipinski definition) is 16. The zero-order valence-corrected chi connectivity index (χ0v) is 23.9. The standard InChI is InChI=1S/Mn.Mo.16O.4W/q+2;;;;;;;;;;8*-1;;;;. The third-order valence-corrected chi connectivity index (χ3v) is 0. The van der Waals surface area contributed by atoms with E-state index in [1.807, 2.05) is 0 Å². The van der Waals surface area contributed by atoms with Gasteiger partial charge in [-0.15, -0.1) is 0 Å². The molecule has 0 saturated carbocycles. The summed E-state index contributed by atoms with van der Waals surface area (Å²) >= 11 is -24.7. The van der Waals surface area contributed by atoms with Crippen LogP contribution >= 0.6 is 0 Å². The summed E-state index contributed by atoms with van der Waals surface area (Å²) in [5.41, 5.74) is 0. The van der Waals surface area contributed by atoms with Gasteiger partial charge < -0.3 is 0 Å². The SMILES string of the molecule is [Mn+2].[Mo].[O]=[W](=[O])([O-])[O-].[O]=[W](=[O])([O-])[O-].[O]=[W](=[O])([O-])[O-].[O]=[W](=[O])([O-])[O-]. The molecule has 1 radical (unpaired) electrons. The molecule has 0 aliphatic carbocycles. The molecule has 0 N–H and O–H groups in total. The van der Waals surface area contributed by atoms with Crippen LogP contribution in [0.5, 0.6) is 0 Å². The number of hydrogen-bond donors (Lipinski definition) is 0. The van der Waals surface area contributed by atoms with Crippen LogP contribution in [0.4, 0.5) is 0 Å². The third kappa shape index (κ3) is 2340. The van der Waals surface area contributed by atoms with E-state index in [9.17, 15) is 0 Å². The van der Waals surface area contributed by atoms with E-state index >= 15 is 0 Å². The number of rotatable bonds is 0. The van der Waals surface area contributed by atoms with Gasteiger partial charge in [0.2, 0.25) is 0 Å². The van der Waals surface area contributed by atoms with Crippen LogP contribution in [-0.2, 0) is 132 Å². The minimum absolute atomic E-state index is 0. The molecule has 16 nitrogen and oxygen atoms in total. The van der Waals surface area contributed by atoms with E-state index in [0.717, 1.165) is 0 Å². The van der Waals surface area contributed by atoms with Crippen molar-refractivity contribution in [3.63, 3.8) is 0 Å². The van der Waals surface area contributed by atoms with E-state index in [1.165, 1.54) is 0 Å². The van der Waals surface area contributed by atoms with Gasteiger partial charge in [-0.2, -0.15) is 0 Å². The van der Waals surface area contributed by atoms with Crippen LogP contribution < -0.4 is 30.1 Å². The van der Waals surface area contributed by atoms with Gasteiger partial charge in [-0.05, 0) is 0 Å². The fraction of sp³-hybridized carbons (Fsp3) is 0. The van der Waals surface area contributed by atoms with E-state index in [2.05, 4.69) is 0 Å². The Labute approximate surface area is 160 Å². The molecule has 22 heteroatoms. The van der Waals surface area contributed by atoms with E-state index in [0.29, 0.717) is 0 Å². The Morgan fingerprint density at radius 1 is 0.364 bits per heavy atom. The fourth-order valence-electron chi connectivity index (χ4n) is 0. The van der Waals surface area contributed by atoms with Crippen LogP contribution in [0.2, 0.25) is 0 Å². The van der Waals surface area contributed by atoms with Crippen LogP contribution in [0.3, 0.4) is 0 Å². The molecule has 139 valence electrons. The van der Waals surface area contributed by atoms with Crippen molar-refractivity contribution >= 4 is 0 Å². The normalized spacial score (nSPS) is 10.5. The Bertz CT molecular complexity index is 479. The summed E-state index contributed by atoms with van der Waals surface area (Å²) < 4.78 is 138. The second-order valence-corrected chi connectivity index (χ2v) is 13.4. The molecule has 0 heterocycles. The molecule has 0 saturated heterocycles. The van der Waals surface area contributed by atoms with Crippen molar-refractivity contribution in [3.8, 4) is 0 Å². The third-order valence-electron chi connectivity index (χ3n) is 0.